The van der Waals surface area contributed by atoms with Crippen molar-refractivity contribution in [3.05, 3.63) is 65.5 Å². The first-order valence-electron chi connectivity index (χ1n) is 9.15. The molecule has 0 aliphatic carbocycles. The van der Waals surface area contributed by atoms with Gasteiger partial charge >= 0.3 is 0 Å². The molecule has 150 valence electrons. The normalized spacial score (nSPS) is 10.6. The number of thioether (sulfide) groups is 1. The van der Waals surface area contributed by atoms with Crippen molar-refractivity contribution in [3.8, 4) is 0 Å². The van der Waals surface area contributed by atoms with Gasteiger partial charge in [0, 0.05) is 18.4 Å². The van der Waals surface area contributed by atoms with E-state index in [1.807, 2.05) is 62.4 Å². The Morgan fingerprint density at radius 2 is 1.79 bits per heavy atom. The molecule has 0 saturated heterocycles. The van der Waals surface area contributed by atoms with E-state index in [1.165, 1.54) is 11.8 Å². The van der Waals surface area contributed by atoms with E-state index < -0.39 is 0 Å². The summed E-state index contributed by atoms with van der Waals surface area (Å²) in [5, 5.41) is 14.5. The fourth-order valence-corrected chi connectivity index (χ4v) is 3.46. The van der Waals surface area contributed by atoms with Gasteiger partial charge < -0.3 is 15.2 Å². The number of amides is 2. The average Bonchev–Trinajstić information content (AvgIpc) is 3.01. The third-order valence-electron chi connectivity index (χ3n) is 4.30. The highest BCUT2D eigenvalue weighted by atomic mass is 32.2. The maximum Gasteiger partial charge on any atom is 0.234 e. The third kappa shape index (κ3) is 5.68. The molecular weight excluding hydrogens is 386 g/mol. The zero-order chi connectivity index (χ0) is 20.8. The second-order valence-electron chi connectivity index (χ2n) is 6.70. The fraction of sp³-hybridized carbons (Fsp3) is 0.238. The molecule has 0 aliphatic heterocycles. The lowest BCUT2D eigenvalue weighted by molar-refractivity contribution is -0.116. The van der Waals surface area contributed by atoms with Gasteiger partial charge in [0.15, 0.2) is 5.16 Å². The van der Waals surface area contributed by atoms with Crippen molar-refractivity contribution in [2.24, 2.45) is 7.05 Å². The number of rotatable bonds is 7. The summed E-state index contributed by atoms with van der Waals surface area (Å²) in [6.45, 7) is 3.91. The van der Waals surface area contributed by atoms with Crippen molar-refractivity contribution < 1.29 is 9.59 Å². The Morgan fingerprint density at radius 1 is 1.00 bits per heavy atom. The molecule has 1 aromatic heterocycles. The monoisotopic (exact) mass is 409 g/mol. The predicted octanol–water partition coefficient (Wildman–Crippen LogP) is 3.34. The number of aryl methyl sites for hydroxylation is 2. The van der Waals surface area contributed by atoms with Gasteiger partial charge in [0.05, 0.1) is 12.2 Å². The first kappa shape index (κ1) is 20.6. The molecule has 29 heavy (non-hydrogen) atoms. The van der Waals surface area contributed by atoms with Crippen molar-refractivity contribution in [3.63, 3.8) is 0 Å². The van der Waals surface area contributed by atoms with Crippen LogP contribution >= 0.6 is 11.8 Å². The molecular formula is C21H23N5O2S. The average molecular weight is 410 g/mol. The van der Waals surface area contributed by atoms with E-state index in [9.17, 15) is 9.59 Å². The quantitative estimate of drug-likeness (QED) is 0.584. The van der Waals surface area contributed by atoms with Crippen LogP contribution in [0.3, 0.4) is 0 Å². The number of aromatic nitrogens is 3. The maximum atomic E-state index is 12.3. The number of carbonyl (C=O) groups excluding carboxylic acids is 2. The van der Waals surface area contributed by atoms with Crippen molar-refractivity contribution in [2.75, 3.05) is 16.4 Å². The number of nitrogens with zero attached hydrogens (tertiary/aromatic N) is 3. The zero-order valence-corrected chi connectivity index (χ0v) is 17.4. The van der Waals surface area contributed by atoms with Crippen LogP contribution in [0.15, 0.2) is 53.7 Å². The molecule has 0 spiro atoms. The molecule has 8 heteroatoms. The highest BCUT2D eigenvalue weighted by Crippen LogP contribution is 2.18. The summed E-state index contributed by atoms with van der Waals surface area (Å²) in [7, 11) is 1.79. The molecule has 2 N–H and O–H groups in total. The number of hydrogen-bond acceptors (Lipinski definition) is 5. The highest BCUT2D eigenvalue weighted by Gasteiger charge is 2.15. The Hall–Kier alpha value is -3.13. The van der Waals surface area contributed by atoms with E-state index >= 15 is 0 Å². The Bertz CT molecular complexity index is 1030. The molecule has 0 aliphatic rings. The van der Waals surface area contributed by atoms with E-state index in [2.05, 4.69) is 20.8 Å². The van der Waals surface area contributed by atoms with Crippen molar-refractivity contribution in [1.82, 2.24) is 14.8 Å². The molecule has 0 bridgehead atoms. The lowest BCUT2D eigenvalue weighted by Gasteiger charge is -2.08. The van der Waals surface area contributed by atoms with Crippen LogP contribution in [0.4, 0.5) is 11.4 Å². The van der Waals surface area contributed by atoms with Gasteiger partial charge in [-0.1, -0.05) is 42.1 Å². The van der Waals surface area contributed by atoms with Gasteiger partial charge in [-0.15, -0.1) is 10.2 Å². The molecule has 0 unspecified atom stereocenters. The predicted molar refractivity (Wildman–Crippen MR) is 115 cm³/mol. The van der Waals surface area contributed by atoms with E-state index in [1.54, 1.807) is 11.6 Å². The van der Waals surface area contributed by atoms with Crippen molar-refractivity contribution in [2.45, 2.75) is 25.4 Å². The fourth-order valence-electron chi connectivity index (χ4n) is 2.73. The number of para-hydroxylation sites is 1. The van der Waals surface area contributed by atoms with E-state index in [0.29, 0.717) is 11.0 Å². The standard InChI is InChI=1S/C21H23N5O2S/c1-14-7-6-9-16(11-14)22-20(28)13-29-21-25-24-18(26(21)3)12-19(27)23-17-10-5-4-8-15(17)2/h4-11H,12-13H2,1-3H3,(H,22,28)(H,23,27). The summed E-state index contributed by atoms with van der Waals surface area (Å²) >= 11 is 1.28. The maximum absolute atomic E-state index is 12.3. The minimum absolute atomic E-state index is 0.105. The van der Waals surface area contributed by atoms with Crippen LogP contribution in [0.2, 0.25) is 0 Å². The number of anilines is 2. The lowest BCUT2D eigenvalue weighted by atomic mass is 10.2. The van der Waals surface area contributed by atoms with Gasteiger partial charge in [0.25, 0.3) is 0 Å². The molecule has 0 radical (unpaired) electrons. The van der Waals surface area contributed by atoms with Crippen LogP contribution in [0, 0.1) is 13.8 Å². The summed E-state index contributed by atoms with van der Waals surface area (Å²) in [5.41, 5.74) is 3.62. The van der Waals surface area contributed by atoms with E-state index in [0.717, 1.165) is 22.5 Å². The molecule has 0 fully saturated rings. The third-order valence-corrected chi connectivity index (χ3v) is 5.32. The topological polar surface area (TPSA) is 88.9 Å². The lowest BCUT2D eigenvalue weighted by Crippen LogP contribution is -2.17. The molecule has 7 nitrogen and oxygen atoms in total. The Kier molecular flexibility index (Phi) is 6.66. The van der Waals surface area contributed by atoms with Gasteiger partial charge in [-0.05, 0) is 43.2 Å². The van der Waals surface area contributed by atoms with Crippen molar-refractivity contribution >= 4 is 35.0 Å². The summed E-state index contributed by atoms with van der Waals surface area (Å²) in [6, 6.07) is 15.2. The second kappa shape index (κ2) is 9.38. The largest absolute Gasteiger partial charge is 0.325 e. The Morgan fingerprint density at radius 3 is 2.55 bits per heavy atom. The molecule has 0 saturated carbocycles. The van der Waals surface area contributed by atoms with Gasteiger partial charge in [-0.2, -0.15) is 0 Å². The summed E-state index contributed by atoms with van der Waals surface area (Å²) in [6.07, 6.45) is 0.105. The van der Waals surface area contributed by atoms with Crippen LogP contribution in [0.25, 0.3) is 0 Å². The zero-order valence-electron chi connectivity index (χ0n) is 16.6. The Balaban J connectivity index is 1.54. The van der Waals surface area contributed by atoms with Crippen LogP contribution < -0.4 is 10.6 Å². The van der Waals surface area contributed by atoms with E-state index in [-0.39, 0.29) is 24.0 Å². The molecule has 2 amide bonds. The first-order chi connectivity index (χ1) is 13.9. The molecule has 3 rings (SSSR count). The number of carbonyl (C=O) groups is 2. The van der Waals surface area contributed by atoms with Crippen LogP contribution in [-0.2, 0) is 23.1 Å². The number of nitrogens with one attached hydrogen (secondary N) is 2. The summed E-state index contributed by atoms with van der Waals surface area (Å²) < 4.78 is 1.74. The molecule has 2 aromatic carbocycles. The van der Waals surface area contributed by atoms with Gasteiger partial charge in [0.1, 0.15) is 5.82 Å². The molecule has 0 atom stereocenters. The minimum atomic E-state index is -0.163. The van der Waals surface area contributed by atoms with Crippen LogP contribution in [0.5, 0.6) is 0 Å². The highest BCUT2D eigenvalue weighted by molar-refractivity contribution is 7.99. The molecule has 3 aromatic rings. The van der Waals surface area contributed by atoms with Crippen molar-refractivity contribution in [1.29, 1.82) is 0 Å². The van der Waals surface area contributed by atoms with Gasteiger partial charge in [-0.25, -0.2) is 0 Å². The minimum Gasteiger partial charge on any atom is -0.325 e. The van der Waals surface area contributed by atoms with Crippen LogP contribution in [-0.4, -0.2) is 32.3 Å². The van der Waals surface area contributed by atoms with Gasteiger partial charge in [0.2, 0.25) is 11.8 Å². The second-order valence-corrected chi connectivity index (χ2v) is 7.65. The van der Waals surface area contributed by atoms with Gasteiger partial charge in [-0.3, -0.25) is 9.59 Å². The summed E-state index contributed by atoms with van der Waals surface area (Å²) in [5.74, 6) is 0.457. The number of hydrogen-bond donors (Lipinski definition) is 2. The smallest absolute Gasteiger partial charge is 0.234 e. The Labute approximate surface area is 173 Å². The SMILES string of the molecule is Cc1cccc(NC(=O)CSc2nnc(CC(=O)Nc3ccccc3C)n2C)c1. The number of benzene rings is 2. The molecule has 1 heterocycles. The van der Waals surface area contributed by atoms with E-state index in [4.69, 9.17) is 0 Å². The summed E-state index contributed by atoms with van der Waals surface area (Å²) in [4.78, 5) is 24.5. The van der Waals surface area contributed by atoms with Crippen LogP contribution in [0.1, 0.15) is 17.0 Å². The first-order valence-corrected chi connectivity index (χ1v) is 10.1.